The first-order valence-corrected chi connectivity index (χ1v) is 4.46. The molecule has 66 valence electrons. The number of nitrogens with zero attached hydrogens (tertiary/aromatic N) is 1. The van der Waals surface area contributed by atoms with E-state index in [1.54, 1.807) is 18.3 Å². The molecule has 1 aromatic carbocycles. The molecule has 0 amide bonds. The fraction of sp³-hybridized carbons (Fsp3) is 0. The molecule has 0 atom stereocenters. The molecule has 0 spiro atoms. The average molecular weight is 194 g/mol. The highest BCUT2D eigenvalue weighted by Crippen LogP contribution is 2.28. The summed E-state index contributed by atoms with van der Waals surface area (Å²) >= 11 is 1.38. The maximum Gasteiger partial charge on any atom is 0.270 e. The Balaban J connectivity index is 2.48. The molecule has 0 aliphatic carbocycles. The topological polar surface area (TPSA) is 55.2 Å². The molecule has 1 aliphatic rings. The fourth-order valence-electron chi connectivity index (χ4n) is 1.08. The quantitative estimate of drug-likeness (QED) is 0.423. The van der Waals surface area contributed by atoms with E-state index >= 15 is 0 Å². The molecule has 0 unspecified atom stereocenters. The molecule has 1 aromatic rings. The van der Waals surface area contributed by atoms with E-state index in [4.69, 9.17) is 0 Å². The number of rotatable bonds is 1. The second kappa shape index (κ2) is 3.10. The van der Waals surface area contributed by atoms with Crippen molar-refractivity contribution in [1.29, 1.82) is 0 Å². The van der Waals surface area contributed by atoms with Crippen LogP contribution in [0.15, 0.2) is 29.3 Å². The SMILES string of the molecule is O=[N+]([O-])c1ccc2c(c1)SNC=C2. The van der Waals surface area contributed by atoms with Crippen molar-refractivity contribution in [2.45, 2.75) is 4.90 Å². The summed E-state index contributed by atoms with van der Waals surface area (Å²) in [6.45, 7) is 0. The van der Waals surface area contributed by atoms with Crippen LogP contribution in [0.25, 0.3) is 6.08 Å². The molecule has 0 radical (unpaired) electrons. The van der Waals surface area contributed by atoms with Crippen LogP contribution in [0.5, 0.6) is 0 Å². The zero-order valence-corrected chi connectivity index (χ0v) is 7.38. The minimum Gasteiger partial charge on any atom is -0.332 e. The van der Waals surface area contributed by atoms with Crippen LogP contribution in [0.2, 0.25) is 0 Å². The van der Waals surface area contributed by atoms with E-state index in [2.05, 4.69) is 4.72 Å². The van der Waals surface area contributed by atoms with E-state index in [9.17, 15) is 10.1 Å². The van der Waals surface area contributed by atoms with Gasteiger partial charge in [0.25, 0.3) is 5.69 Å². The number of benzene rings is 1. The predicted octanol–water partition coefficient (Wildman–Crippen LogP) is 2.18. The average Bonchev–Trinajstić information content (AvgIpc) is 2.17. The molecule has 1 heterocycles. The molecule has 0 fully saturated rings. The zero-order valence-electron chi connectivity index (χ0n) is 6.56. The van der Waals surface area contributed by atoms with Crippen molar-refractivity contribution in [3.05, 3.63) is 40.1 Å². The first kappa shape index (κ1) is 8.12. The van der Waals surface area contributed by atoms with Gasteiger partial charge in [-0.15, -0.1) is 0 Å². The predicted molar refractivity (Wildman–Crippen MR) is 51.1 cm³/mol. The van der Waals surface area contributed by atoms with Crippen molar-refractivity contribution in [2.75, 3.05) is 0 Å². The Hall–Kier alpha value is -1.49. The number of fused-ring (bicyclic) bond motifs is 1. The normalized spacial score (nSPS) is 13.2. The summed E-state index contributed by atoms with van der Waals surface area (Å²) in [5.74, 6) is 0. The summed E-state index contributed by atoms with van der Waals surface area (Å²) in [5.41, 5.74) is 1.14. The lowest BCUT2D eigenvalue weighted by Gasteiger charge is -2.09. The Bertz CT molecular complexity index is 390. The van der Waals surface area contributed by atoms with Gasteiger partial charge in [-0.1, -0.05) is 0 Å². The van der Waals surface area contributed by atoms with E-state index in [0.29, 0.717) is 0 Å². The third kappa shape index (κ3) is 1.50. The Morgan fingerprint density at radius 1 is 1.46 bits per heavy atom. The van der Waals surface area contributed by atoms with Gasteiger partial charge in [-0.3, -0.25) is 10.1 Å². The van der Waals surface area contributed by atoms with Crippen LogP contribution in [0, 0.1) is 10.1 Å². The monoisotopic (exact) mass is 194 g/mol. The largest absolute Gasteiger partial charge is 0.332 e. The highest BCUT2D eigenvalue weighted by Gasteiger charge is 2.11. The van der Waals surface area contributed by atoms with Gasteiger partial charge in [0.2, 0.25) is 0 Å². The fourth-order valence-corrected chi connectivity index (χ4v) is 1.78. The summed E-state index contributed by atoms with van der Waals surface area (Å²) < 4.78 is 2.92. The highest BCUT2D eigenvalue weighted by molar-refractivity contribution is 7.97. The maximum atomic E-state index is 10.4. The lowest BCUT2D eigenvalue weighted by molar-refractivity contribution is -0.385. The van der Waals surface area contributed by atoms with Gasteiger partial charge >= 0.3 is 0 Å². The second-order valence-corrected chi connectivity index (χ2v) is 3.41. The van der Waals surface area contributed by atoms with Crippen LogP contribution in [0.3, 0.4) is 0 Å². The number of hydrogen-bond acceptors (Lipinski definition) is 4. The first-order valence-electron chi connectivity index (χ1n) is 3.65. The van der Waals surface area contributed by atoms with Gasteiger partial charge in [-0.25, -0.2) is 0 Å². The molecule has 0 aromatic heterocycles. The van der Waals surface area contributed by atoms with Crippen LogP contribution in [-0.4, -0.2) is 4.92 Å². The van der Waals surface area contributed by atoms with E-state index < -0.39 is 0 Å². The molecular weight excluding hydrogens is 188 g/mol. The Morgan fingerprint density at radius 3 is 3.08 bits per heavy atom. The van der Waals surface area contributed by atoms with E-state index in [-0.39, 0.29) is 10.6 Å². The summed E-state index contributed by atoms with van der Waals surface area (Å²) in [6.07, 6.45) is 3.69. The van der Waals surface area contributed by atoms with E-state index in [0.717, 1.165) is 10.5 Å². The Morgan fingerprint density at radius 2 is 2.31 bits per heavy atom. The van der Waals surface area contributed by atoms with Gasteiger partial charge in [-0.05, 0) is 29.7 Å². The van der Waals surface area contributed by atoms with Crippen molar-refractivity contribution >= 4 is 23.7 Å². The van der Waals surface area contributed by atoms with Gasteiger partial charge in [0.1, 0.15) is 0 Å². The highest BCUT2D eigenvalue weighted by atomic mass is 32.2. The molecule has 0 bridgehead atoms. The van der Waals surface area contributed by atoms with Crippen LogP contribution in [0.4, 0.5) is 5.69 Å². The van der Waals surface area contributed by atoms with Crippen molar-refractivity contribution in [3.8, 4) is 0 Å². The Kier molecular flexibility index (Phi) is 1.94. The first-order chi connectivity index (χ1) is 6.27. The van der Waals surface area contributed by atoms with Crippen LogP contribution >= 0.6 is 11.9 Å². The number of nitrogens with one attached hydrogen (secondary N) is 1. The standard InChI is InChI=1S/C8H6N2O2S/c11-10(12)7-2-1-6-3-4-9-13-8(6)5-7/h1-5,9H. The van der Waals surface area contributed by atoms with Gasteiger partial charge < -0.3 is 4.72 Å². The maximum absolute atomic E-state index is 10.4. The molecular formula is C8H6N2O2S. The van der Waals surface area contributed by atoms with Crippen molar-refractivity contribution in [2.24, 2.45) is 0 Å². The van der Waals surface area contributed by atoms with E-state index in [1.807, 2.05) is 6.08 Å². The van der Waals surface area contributed by atoms with Crippen molar-refractivity contribution < 1.29 is 4.92 Å². The summed E-state index contributed by atoms with van der Waals surface area (Å²) in [5, 5.41) is 10.4. The number of nitro benzene ring substituents is 1. The number of non-ortho nitro benzene ring substituents is 1. The Labute approximate surface area is 78.9 Å². The third-order valence-electron chi connectivity index (χ3n) is 1.71. The zero-order chi connectivity index (χ0) is 9.26. The number of nitro groups is 1. The summed E-state index contributed by atoms with van der Waals surface area (Å²) in [4.78, 5) is 10.9. The van der Waals surface area contributed by atoms with Gasteiger partial charge in [-0.2, -0.15) is 0 Å². The summed E-state index contributed by atoms with van der Waals surface area (Å²) in [6, 6.07) is 4.82. The van der Waals surface area contributed by atoms with Crippen LogP contribution in [-0.2, 0) is 0 Å². The molecule has 0 saturated carbocycles. The molecule has 1 N–H and O–H groups in total. The minimum absolute atomic E-state index is 0.128. The molecule has 13 heavy (non-hydrogen) atoms. The lowest BCUT2D eigenvalue weighted by atomic mass is 10.2. The third-order valence-corrected chi connectivity index (χ3v) is 2.54. The minimum atomic E-state index is -0.390. The van der Waals surface area contributed by atoms with Gasteiger partial charge in [0.05, 0.1) is 4.92 Å². The molecule has 5 heteroatoms. The van der Waals surface area contributed by atoms with Crippen LogP contribution < -0.4 is 4.72 Å². The van der Waals surface area contributed by atoms with Crippen molar-refractivity contribution in [1.82, 2.24) is 4.72 Å². The molecule has 2 rings (SSSR count). The molecule has 4 nitrogen and oxygen atoms in total. The lowest BCUT2D eigenvalue weighted by Crippen LogP contribution is -1.98. The van der Waals surface area contributed by atoms with E-state index in [1.165, 1.54) is 18.0 Å². The second-order valence-electron chi connectivity index (χ2n) is 2.53. The van der Waals surface area contributed by atoms with Gasteiger partial charge in [0, 0.05) is 23.2 Å². The molecule has 0 saturated heterocycles. The number of hydrogen-bond donors (Lipinski definition) is 1. The smallest absolute Gasteiger partial charge is 0.270 e. The van der Waals surface area contributed by atoms with Crippen LogP contribution in [0.1, 0.15) is 5.56 Å². The molecule has 1 aliphatic heterocycles. The summed E-state index contributed by atoms with van der Waals surface area (Å²) in [7, 11) is 0. The van der Waals surface area contributed by atoms with Gasteiger partial charge in [0.15, 0.2) is 0 Å². The van der Waals surface area contributed by atoms with Crippen molar-refractivity contribution in [3.63, 3.8) is 0 Å².